The number of rotatable bonds is 4. The third-order valence-corrected chi connectivity index (χ3v) is 3.03. The highest BCUT2D eigenvalue weighted by Crippen LogP contribution is 2.19. The summed E-state index contributed by atoms with van der Waals surface area (Å²) in [5.74, 6) is -0.743. The number of hydroxylamine groups is 1. The van der Waals surface area contributed by atoms with E-state index in [4.69, 9.17) is 0 Å². The minimum Gasteiger partial charge on any atom is -0.305 e. The molecule has 1 aromatic carbocycles. The van der Waals surface area contributed by atoms with Gasteiger partial charge in [-0.15, -0.1) is 0 Å². The van der Waals surface area contributed by atoms with Gasteiger partial charge in [-0.05, 0) is 11.6 Å². The summed E-state index contributed by atoms with van der Waals surface area (Å²) in [6.07, 6.45) is 0.974. The number of nitrogens with one attached hydrogen (secondary N) is 1. The van der Waals surface area contributed by atoms with Gasteiger partial charge in [-0.25, -0.2) is 12.8 Å². The lowest BCUT2D eigenvalue weighted by Crippen LogP contribution is -2.15. The van der Waals surface area contributed by atoms with E-state index in [0.717, 1.165) is 12.3 Å². The molecular formula is C9H12FNO3S. The number of hydrogen-bond acceptors (Lipinski definition) is 4. The average Bonchev–Trinajstić information content (AvgIpc) is 2.12. The maximum Gasteiger partial charge on any atom is 0.178 e. The van der Waals surface area contributed by atoms with Crippen LogP contribution in [-0.2, 0) is 21.2 Å². The highest BCUT2D eigenvalue weighted by molar-refractivity contribution is 7.90. The lowest BCUT2D eigenvalue weighted by Gasteiger charge is -2.08. The first-order valence-electron chi connectivity index (χ1n) is 4.20. The molecule has 0 saturated heterocycles. The molecule has 0 fully saturated rings. The normalized spacial score (nSPS) is 11.7. The molecule has 0 atom stereocenters. The second-order valence-electron chi connectivity index (χ2n) is 3.03. The van der Waals surface area contributed by atoms with Crippen molar-refractivity contribution < 1.29 is 17.6 Å². The molecule has 1 N–H and O–H groups in total. The van der Waals surface area contributed by atoms with Crippen molar-refractivity contribution in [1.29, 1.82) is 0 Å². The van der Waals surface area contributed by atoms with Gasteiger partial charge in [-0.1, -0.05) is 12.1 Å². The second kappa shape index (κ2) is 4.69. The molecule has 0 unspecified atom stereocenters. The van der Waals surface area contributed by atoms with E-state index >= 15 is 0 Å². The minimum absolute atomic E-state index is 0.136. The molecule has 15 heavy (non-hydrogen) atoms. The zero-order valence-corrected chi connectivity index (χ0v) is 9.27. The molecule has 6 heteroatoms. The van der Waals surface area contributed by atoms with Crippen molar-refractivity contribution >= 4 is 9.84 Å². The predicted octanol–water partition coefficient (Wildman–Crippen LogP) is 0.880. The lowest BCUT2D eigenvalue weighted by atomic mass is 10.2. The number of hydrogen-bond donors (Lipinski definition) is 1. The average molecular weight is 233 g/mol. The SMILES string of the molecule is CONCc1cccc(F)c1S(C)(=O)=O. The van der Waals surface area contributed by atoms with Crippen molar-refractivity contribution in [2.45, 2.75) is 11.4 Å². The van der Waals surface area contributed by atoms with Crippen LogP contribution >= 0.6 is 0 Å². The van der Waals surface area contributed by atoms with E-state index in [2.05, 4.69) is 10.3 Å². The summed E-state index contributed by atoms with van der Waals surface area (Å²) >= 11 is 0. The molecule has 0 heterocycles. The summed E-state index contributed by atoms with van der Waals surface area (Å²) in [6.45, 7) is 0.136. The van der Waals surface area contributed by atoms with Gasteiger partial charge in [0, 0.05) is 12.8 Å². The maximum atomic E-state index is 13.3. The van der Waals surface area contributed by atoms with Crippen LogP contribution in [0.25, 0.3) is 0 Å². The van der Waals surface area contributed by atoms with E-state index in [9.17, 15) is 12.8 Å². The second-order valence-corrected chi connectivity index (χ2v) is 4.98. The third kappa shape index (κ3) is 2.98. The summed E-state index contributed by atoms with van der Waals surface area (Å²) in [5, 5.41) is 0. The van der Waals surface area contributed by atoms with Crippen LogP contribution in [0.1, 0.15) is 5.56 Å². The molecule has 1 aromatic rings. The molecule has 0 amide bonds. The van der Waals surface area contributed by atoms with Crippen LogP contribution in [0.5, 0.6) is 0 Å². The maximum absolute atomic E-state index is 13.3. The summed E-state index contributed by atoms with van der Waals surface area (Å²) in [5.41, 5.74) is 2.82. The fourth-order valence-corrected chi connectivity index (χ4v) is 2.30. The molecule has 84 valence electrons. The summed E-state index contributed by atoms with van der Waals surface area (Å²) < 4.78 is 36.0. The molecule has 1 rings (SSSR count). The first-order valence-corrected chi connectivity index (χ1v) is 6.09. The molecule has 0 spiro atoms. The zero-order valence-electron chi connectivity index (χ0n) is 8.45. The topological polar surface area (TPSA) is 55.4 Å². The Balaban J connectivity index is 3.21. The Hall–Kier alpha value is -0.980. The Morgan fingerprint density at radius 1 is 1.47 bits per heavy atom. The van der Waals surface area contributed by atoms with E-state index in [-0.39, 0.29) is 11.4 Å². The molecule has 0 radical (unpaired) electrons. The summed E-state index contributed by atoms with van der Waals surface area (Å²) in [4.78, 5) is 4.30. The molecule has 0 bridgehead atoms. The van der Waals surface area contributed by atoms with Crippen molar-refractivity contribution in [1.82, 2.24) is 5.48 Å². The van der Waals surface area contributed by atoms with Crippen molar-refractivity contribution in [3.05, 3.63) is 29.6 Å². The Morgan fingerprint density at radius 2 is 2.13 bits per heavy atom. The quantitative estimate of drug-likeness (QED) is 0.784. The van der Waals surface area contributed by atoms with Gasteiger partial charge in [-0.3, -0.25) is 0 Å². The van der Waals surface area contributed by atoms with Gasteiger partial charge in [0.05, 0.1) is 7.11 Å². The van der Waals surface area contributed by atoms with E-state index in [1.54, 1.807) is 0 Å². The van der Waals surface area contributed by atoms with Crippen LogP contribution < -0.4 is 5.48 Å². The highest BCUT2D eigenvalue weighted by Gasteiger charge is 2.17. The Morgan fingerprint density at radius 3 is 2.67 bits per heavy atom. The van der Waals surface area contributed by atoms with E-state index in [1.807, 2.05) is 0 Å². The van der Waals surface area contributed by atoms with Gasteiger partial charge < -0.3 is 4.84 Å². The summed E-state index contributed by atoms with van der Waals surface area (Å²) in [7, 11) is -2.16. The Kier molecular flexibility index (Phi) is 3.78. The van der Waals surface area contributed by atoms with Crippen LogP contribution in [-0.4, -0.2) is 21.8 Å². The standard InChI is InChI=1S/C9H12FNO3S/c1-14-11-6-7-4-3-5-8(10)9(7)15(2,12)13/h3-5,11H,6H2,1-2H3. The van der Waals surface area contributed by atoms with Crippen molar-refractivity contribution in [3.63, 3.8) is 0 Å². The fourth-order valence-electron chi connectivity index (χ4n) is 1.26. The van der Waals surface area contributed by atoms with Gasteiger partial charge in [0.1, 0.15) is 10.7 Å². The molecule has 0 aliphatic rings. The monoisotopic (exact) mass is 233 g/mol. The first kappa shape index (κ1) is 12.1. The summed E-state index contributed by atoms with van der Waals surface area (Å²) in [6, 6.07) is 4.11. The largest absolute Gasteiger partial charge is 0.305 e. The number of benzene rings is 1. The van der Waals surface area contributed by atoms with E-state index < -0.39 is 15.7 Å². The van der Waals surface area contributed by atoms with Gasteiger partial charge >= 0.3 is 0 Å². The van der Waals surface area contributed by atoms with Gasteiger partial charge in [-0.2, -0.15) is 5.48 Å². The highest BCUT2D eigenvalue weighted by atomic mass is 32.2. The molecule has 4 nitrogen and oxygen atoms in total. The van der Waals surface area contributed by atoms with Gasteiger partial charge in [0.25, 0.3) is 0 Å². The van der Waals surface area contributed by atoms with Gasteiger partial charge in [0.2, 0.25) is 0 Å². The van der Waals surface area contributed by atoms with E-state index in [0.29, 0.717) is 5.56 Å². The molecule has 0 aliphatic carbocycles. The molecular weight excluding hydrogens is 221 g/mol. The minimum atomic E-state index is -3.57. The van der Waals surface area contributed by atoms with E-state index in [1.165, 1.54) is 19.2 Å². The zero-order chi connectivity index (χ0) is 11.5. The molecule has 0 aliphatic heterocycles. The number of halogens is 1. The molecule has 0 saturated carbocycles. The third-order valence-electron chi connectivity index (χ3n) is 1.83. The first-order chi connectivity index (χ1) is 6.96. The number of sulfone groups is 1. The lowest BCUT2D eigenvalue weighted by molar-refractivity contribution is 0.0860. The van der Waals surface area contributed by atoms with Crippen LogP contribution in [0.3, 0.4) is 0 Å². The fraction of sp³-hybridized carbons (Fsp3) is 0.333. The van der Waals surface area contributed by atoms with Crippen molar-refractivity contribution in [3.8, 4) is 0 Å². The Labute approximate surface area is 87.9 Å². The van der Waals surface area contributed by atoms with Crippen molar-refractivity contribution in [2.75, 3.05) is 13.4 Å². The Bertz CT molecular complexity index is 445. The van der Waals surface area contributed by atoms with Crippen molar-refractivity contribution in [2.24, 2.45) is 0 Å². The van der Waals surface area contributed by atoms with Crippen LogP contribution in [0.4, 0.5) is 4.39 Å². The van der Waals surface area contributed by atoms with Gasteiger partial charge in [0.15, 0.2) is 9.84 Å². The smallest absolute Gasteiger partial charge is 0.178 e. The van der Waals surface area contributed by atoms with Crippen LogP contribution in [0.15, 0.2) is 23.1 Å². The predicted molar refractivity (Wildman–Crippen MR) is 53.4 cm³/mol. The van der Waals surface area contributed by atoms with Crippen LogP contribution in [0, 0.1) is 5.82 Å². The molecule has 0 aromatic heterocycles. The van der Waals surface area contributed by atoms with Crippen LogP contribution in [0.2, 0.25) is 0 Å².